The van der Waals surface area contributed by atoms with E-state index in [-0.39, 0.29) is 6.04 Å². The van der Waals surface area contributed by atoms with Crippen LogP contribution in [0.15, 0.2) is 29.4 Å². The van der Waals surface area contributed by atoms with Gasteiger partial charge in [0, 0.05) is 11.4 Å². The smallest absolute Gasteiger partial charge is 0.105 e. The molecule has 4 heteroatoms. The number of hydrogen-bond donors (Lipinski definition) is 1. The third-order valence-corrected chi connectivity index (χ3v) is 2.74. The molecule has 68 valence electrons. The average Bonchev–Trinajstić information content (AvgIpc) is 2.53. The van der Waals surface area contributed by atoms with Crippen LogP contribution in [0.3, 0.4) is 0 Å². The van der Waals surface area contributed by atoms with Gasteiger partial charge in [-0.25, -0.2) is 0 Å². The van der Waals surface area contributed by atoms with Crippen molar-refractivity contribution in [2.45, 2.75) is 12.5 Å². The lowest BCUT2D eigenvalue weighted by atomic mass is 10.1. The summed E-state index contributed by atoms with van der Waals surface area (Å²) >= 11 is 9.14. The van der Waals surface area contributed by atoms with Crippen molar-refractivity contribution in [2.75, 3.05) is 0 Å². The maximum Gasteiger partial charge on any atom is 0.105 e. The fraction of sp³-hybridized carbons (Fsp3) is 0.222. The first-order valence-corrected chi connectivity index (χ1v) is 5.16. The molecule has 13 heavy (non-hydrogen) atoms. The molecule has 1 atom stereocenters. The predicted octanol–water partition coefficient (Wildman–Crippen LogP) is 3.08. The van der Waals surface area contributed by atoms with Gasteiger partial charge >= 0.3 is 0 Å². The molecule has 0 aromatic heterocycles. The molecule has 1 aliphatic heterocycles. The zero-order valence-electron chi connectivity index (χ0n) is 6.80. The number of nitrogens with zero attached hydrogens (tertiary/aromatic N) is 1. The Balaban J connectivity index is 2.14. The molecular weight excluding hydrogens is 251 g/mol. The Morgan fingerprint density at radius 2 is 2.08 bits per heavy atom. The zero-order chi connectivity index (χ0) is 9.26. The largest absolute Gasteiger partial charge is 0.301 e. The van der Waals surface area contributed by atoms with Gasteiger partial charge in [0.05, 0.1) is 6.04 Å². The van der Waals surface area contributed by atoms with Crippen molar-refractivity contribution in [2.24, 2.45) is 5.10 Å². The van der Waals surface area contributed by atoms with E-state index in [1.807, 2.05) is 24.3 Å². The van der Waals surface area contributed by atoms with E-state index in [9.17, 15) is 0 Å². The van der Waals surface area contributed by atoms with Gasteiger partial charge in [-0.2, -0.15) is 5.10 Å². The molecule has 1 aliphatic rings. The molecule has 0 saturated carbocycles. The number of hydrazone groups is 1. The fourth-order valence-corrected chi connectivity index (χ4v) is 1.85. The van der Waals surface area contributed by atoms with E-state index >= 15 is 0 Å². The number of rotatable bonds is 1. The van der Waals surface area contributed by atoms with E-state index < -0.39 is 0 Å². The van der Waals surface area contributed by atoms with E-state index in [0.29, 0.717) is 0 Å². The van der Waals surface area contributed by atoms with Crippen LogP contribution in [0.4, 0.5) is 0 Å². The van der Waals surface area contributed by atoms with Gasteiger partial charge in [0.2, 0.25) is 0 Å². The molecule has 0 aliphatic carbocycles. The van der Waals surface area contributed by atoms with E-state index in [2.05, 4.69) is 26.5 Å². The first-order valence-electron chi connectivity index (χ1n) is 3.99. The lowest BCUT2D eigenvalue weighted by molar-refractivity contribution is 0.620. The number of halogens is 2. The van der Waals surface area contributed by atoms with Crippen LogP contribution < -0.4 is 5.43 Å². The van der Waals surface area contributed by atoms with Crippen molar-refractivity contribution in [3.63, 3.8) is 0 Å². The Hall–Kier alpha value is -0.540. The minimum absolute atomic E-state index is 0.284. The Kier molecular flexibility index (Phi) is 2.56. The van der Waals surface area contributed by atoms with Crippen LogP contribution in [0.1, 0.15) is 18.0 Å². The number of benzene rings is 1. The van der Waals surface area contributed by atoms with Crippen molar-refractivity contribution >= 4 is 32.2 Å². The third-order valence-electron chi connectivity index (χ3n) is 1.99. The van der Waals surface area contributed by atoms with Crippen LogP contribution in [0, 0.1) is 0 Å². The highest BCUT2D eigenvalue weighted by molar-refractivity contribution is 9.18. The van der Waals surface area contributed by atoms with Crippen molar-refractivity contribution in [3.05, 3.63) is 34.9 Å². The molecule has 0 amide bonds. The van der Waals surface area contributed by atoms with Crippen LogP contribution in [0.5, 0.6) is 0 Å². The second kappa shape index (κ2) is 3.68. The van der Waals surface area contributed by atoms with Crippen molar-refractivity contribution in [3.8, 4) is 0 Å². The second-order valence-electron chi connectivity index (χ2n) is 2.93. The van der Waals surface area contributed by atoms with Gasteiger partial charge in [-0.1, -0.05) is 23.7 Å². The molecule has 0 fully saturated rings. The second-order valence-corrected chi connectivity index (χ2v) is 4.28. The van der Waals surface area contributed by atoms with E-state index in [0.717, 1.165) is 16.1 Å². The molecular formula is C9H8BrClN2. The molecule has 0 radical (unpaired) electrons. The maximum atomic E-state index is 5.79. The monoisotopic (exact) mass is 258 g/mol. The normalized spacial score (nSPS) is 21.1. The molecule has 1 aromatic rings. The summed E-state index contributed by atoms with van der Waals surface area (Å²) in [4.78, 5) is 0. The summed E-state index contributed by atoms with van der Waals surface area (Å²) < 4.78 is 0.965. The van der Waals surface area contributed by atoms with Crippen LogP contribution in [0.2, 0.25) is 5.02 Å². The number of hydrogen-bond acceptors (Lipinski definition) is 2. The van der Waals surface area contributed by atoms with Gasteiger partial charge in [-0.3, -0.25) is 0 Å². The van der Waals surface area contributed by atoms with Gasteiger partial charge in [-0.05, 0) is 33.6 Å². The van der Waals surface area contributed by atoms with E-state index in [1.165, 1.54) is 5.56 Å². The average molecular weight is 260 g/mol. The minimum atomic E-state index is 0.284. The Morgan fingerprint density at radius 1 is 1.38 bits per heavy atom. The SMILES string of the molecule is Clc1ccc(C2CC(Br)=NN2)cc1. The quantitative estimate of drug-likeness (QED) is 0.823. The summed E-state index contributed by atoms with van der Waals surface area (Å²) in [6.45, 7) is 0. The molecule has 1 unspecified atom stereocenters. The lowest BCUT2D eigenvalue weighted by Crippen LogP contribution is -2.09. The highest BCUT2D eigenvalue weighted by atomic mass is 79.9. The molecule has 2 rings (SSSR count). The van der Waals surface area contributed by atoms with Crippen molar-refractivity contribution in [1.29, 1.82) is 0 Å². The summed E-state index contributed by atoms with van der Waals surface area (Å²) in [5.74, 6) is 0. The Bertz CT molecular complexity index is 334. The Labute approximate surface area is 90.1 Å². The molecule has 1 aromatic carbocycles. The molecule has 0 saturated heterocycles. The third kappa shape index (κ3) is 2.03. The fourth-order valence-electron chi connectivity index (χ4n) is 1.30. The number of nitrogens with one attached hydrogen (secondary N) is 1. The summed E-state index contributed by atoms with van der Waals surface area (Å²) in [6, 6.07) is 8.10. The summed E-state index contributed by atoms with van der Waals surface area (Å²) in [5.41, 5.74) is 4.25. The molecule has 0 spiro atoms. The lowest BCUT2D eigenvalue weighted by Gasteiger charge is -2.09. The standard InChI is InChI=1S/C9H8BrClN2/c10-9-5-8(12-13-9)6-1-3-7(11)4-2-6/h1-4,8,12H,5H2. The first-order chi connectivity index (χ1) is 6.25. The molecule has 1 N–H and O–H groups in total. The summed E-state index contributed by atoms with van der Waals surface area (Å²) in [6.07, 6.45) is 0.904. The zero-order valence-corrected chi connectivity index (χ0v) is 9.14. The highest BCUT2D eigenvalue weighted by Crippen LogP contribution is 2.24. The molecule has 0 bridgehead atoms. The van der Waals surface area contributed by atoms with Crippen LogP contribution >= 0.6 is 27.5 Å². The summed E-state index contributed by atoms with van der Waals surface area (Å²) in [7, 11) is 0. The van der Waals surface area contributed by atoms with Gasteiger partial charge < -0.3 is 5.43 Å². The van der Waals surface area contributed by atoms with Gasteiger partial charge in [0.15, 0.2) is 0 Å². The first kappa shape index (κ1) is 9.03. The maximum absolute atomic E-state index is 5.79. The minimum Gasteiger partial charge on any atom is -0.301 e. The highest BCUT2D eigenvalue weighted by Gasteiger charge is 2.17. The molecule has 2 nitrogen and oxygen atoms in total. The van der Waals surface area contributed by atoms with Crippen LogP contribution in [-0.4, -0.2) is 4.62 Å². The topological polar surface area (TPSA) is 24.4 Å². The predicted molar refractivity (Wildman–Crippen MR) is 58.3 cm³/mol. The van der Waals surface area contributed by atoms with E-state index in [1.54, 1.807) is 0 Å². The van der Waals surface area contributed by atoms with E-state index in [4.69, 9.17) is 11.6 Å². The Morgan fingerprint density at radius 3 is 2.62 bits per heavy atom. The van der Waals surface area contributed by atoms with Gasteiger partial charge in [-0.15, -0.1) is 0 Å². The summed E-state index contributed by atoms with van der Waals surface area (Å²) in [5, 5.41) is 4.83. The molecule has 1 heterocycles. The van der Waals surface area contributed by atoms with Crippen molar-refractivity contribution < 1.29 is 0 Å². The van der Waals surface area contributed by atoms with Crippen LogP contribution in [0.25, 0.3) is 0 Å². The van der Waals surface area contributed by atoms with Crippen LogP contribution in [-0.2, 0) is 0 Å². The van der Waals surface area contributed by atoms with Gasteiger partial charge in [0.1, 0.15) is 4.62 Å². The van der Waals surface area contributed by atoms with Crippen molar-refractivity contribution in [1.82, 2.24) is 5.43 Å². The van der Waals surface area contributed by atoms with Gasteiger partial charge in [0.25, 0.3) is 0 Å².